The summed E-state index contributed by atoms with van der Waals surface area (Å²) >= 11 is 6.23. The molecule has 0 amide bonds. The van der Waals surface area contributed by atoms with Crippen LogP contribution in [0.5, 0.6) is 0 Å². The molecule has 1 heterocycles. The van der Waals surface area contributed by atoms with Gasteiger partial charge in [0, 0.05) is 13.7 Å². The SMILES string of the molecule is COCC(C)Cn1c(C(C)Cl)nc2ccc(C#N)cc21. The summed E-state index contributed by atoms with van der Waals surface area (Å²) in [6.45, 7) is 5.47. The van der Waals surface area contributed by atoms with E-state index in [2.05, 4.69) is 22.5 Å². The molecule has 0 radical (unpaired) electrons. The minimum absolute atomic E-state index is 0.178. The Balaban J connectivity index is 2.52. The molecule has 0 N–H and O–H groups in total. The lowest BCUT2D eigenvalue weighted by molar-refractivity contribution is 0.151. The number of aromatic nitrogens is 2. The van der Waals surface area contributed by atoms with Crippen LogP contribution in [0.15, 0.2) is 18.2 Å². The molecule has 0 saturated heterocycles. The molecular formula is C15H18ClN3O. The first-order chi connectivity index (χ1) is 9.56. The number of nitriles is 1. The van der Waals surface area contributed by atoms with Crippen molar-refractivity contribution in [1.29, 1.82) is 5.26 Å². The van der Waals surface area contributed by atoms with Crippen LogP contribution in [-0.4, -0.2) is 23.3 Å². The van der Waals surface area contributed by atoms with E-state index in [1.165, 1.54) is 0 Å². The van der Waals surface area contributed by atoms with Crippen molar-refractivity contribution in [2.24, 2.45) is 5.92 Å². The number of benzene rings is 1. The zero-order chi connectivity index (χ0) is 14.7. The number of hydrogen-bond acceptors (Lipinski definition) is 3. The van der Waals surface area contributed by atoms with Crippen molar-refractivity contribution in [2.45, 2.75) is 25.8 Å². The second-order valence-corrected chi connectivity index (χ2v) is 5.73. The van der Waals surface area contributed by atoms with Crippen molar-refractivity contribution < 1.29 is 4.74 Å². The van der Waals surface area contributed by atoms with Crippen LogP contribution >= 0.6 is 11.6 Å². The van der Waals surface area contributed by atoms with E-state index in [0.717, 1.165) is 23.4 Å². The maximum Gasteiger partial charge on any atom is 0.127 e. The van der Waals surface area contributed by atoms with Crippen LogP contribution in [0.3, 0.4) is 0 Å². The number of halogens is 1. The topological polar surface area (TPSA) is 50.8 Å². The van der Waals surface area contributed by atoms with Gasteiger partial charge in [-0.15, -0.1) is 11.6 Å². The first-order valence-corrected chi connectivity index (χ1v) is 7.03. The molecule has 0 fully saturated rings. The number of imidazole rings is 1. The molecule has 4 nitrogen and oxygen atoms in total. The number of rotatable bonds is 5. The molecule has 0 saturated carbocycles. The highest BCUT2D eigenvalue weighted by Crippen LogP contribution is 2.26. The van der Waals surface area contributed by atoms with Crippen molar-refractivity contribution in [1.82, 2.24) is 9.55 Å². The Hall–Kier alpha value is -1.57. The minimum atomic E-state index is -0.178. The standard InChI is InChI=1S/C15H18ClN3O/c1-10(9-20-3)8-19-14-6-12(7-17)4-5-13(14)18-15(19)11(2)16/h4-6,10-11H,8-9H2,1-3H3. The maximum atomic E-state index is 9.04. The second kappa shape index (κ2) is 6.25. The van der Waals surface area contributed by atoms with E-state index in [4.69, 9.17) is 21.6 Å². The van der Waals surface area contributed by atoms with E-state index in [1.807, 2.05) is 19.1 Å². The molecule has 106 valence electrons. The molecule has 0 aliphatic carbocycles. The molecule has 0 spiro atoms. The van der Waals surface area contributed by atoms with Gasteiger partial charge >= 0.3 is 0 Å². The Morgan fingerprint density at radius 2 is 2.20 bits per heavy atom. The fraction of sp³-hybridized carbons (Fsp3) is 0.467. The summed E-state index contributed by atoms with van der Waals surface area (Å²) in [5.74, 6) is 1.18. The van der Waals surface area contributed by atoms with Gasteiger partial charge in [-0.2, -0.15) is 5.26 Å². The molecule has 20 heavy (non-hydrogen) atoms. The molecule has 2 unspecified atom stereocenters. The average molecular weight is 292 g/mol. The van der Waals surface area contributed by atoms with Crippen LogP contribution < -0.4 is 0 Å². The van der Waals surface area contributed by atoms with Gasteiger partial charge in [0.25, 0.3) is 0 Å². The summed E-state index contributed by atoms with van der Waals surface area (Å²) < 4.78 is 7.29. The van der Waals surface area contributed by atoms with Crippen molar-refractivity contribution in [3.63, 3.8) is 0 Å². The summed E-state index contributed by atoms with van der Waals surface area (Å²) in [4.78, 5) is 4.58. The van der Waals surface area contributed by atoms with E-state index in [0.29, 0.717) is 18.1 Å². The fourth-order valence-corrected chi connectivity index (χ4v) is 2.52. The summed E-state index contributed by atoms with van der Waals surface area (Å²) in [7, 11) is 1.70. The van der Waals surface area contributed by atoms with Crippen LogP contribution in [0.4, 0.5) is 0 Å². The first kappa shape index (κ1) is 14.8. The van der Waals surface area contributed by atoms with Crippen molar-refractivity contribution in [3.05, 3.63) is 29.6 Å². The molecule has 2 atom stereocenters. The van der Waals surface area contributed by atoms with Crippen molar-refractivity contribution >= 4 is 22.6 Å². The highest BCUT2D eigenvalue weighted by Gasteiger charge is 2.17. The van der Waals surface area contributed by atoms with Crippen LogP contribution in [0.25, 0.3) is 11.0 Å². The van der Waals surface area contributed by atoms with E-state index in [1.54, 1.807) is 13.2 Å². The van der Waals surface area contributed by atoms with Gasteiger partial charge in [-0.25, -0.2) is 4.98 Å². The van der Waals surface area contributed by atoms with E-state index in [9.17, 15) is 0 Å². The summed E-state index contributed by atoms with van der Waals surface area (Å²) in [5.41, 5.74) is 2.46. The molecule has 2 rings (SSSR count). The molecule has 0 aliphatic rings. The van der Waals surface area contributed by atoms with Gasteiger partial charge in [0.2, 0.25) is 0 Å². The minimum Gasteiger partial charge on any atom is -0.384 e. The van der Waals surface area contributed by atoms with Gasteiger partial charge < -0.3 is 9.30 Å². The Bertz CT molecular complexity index is 642. The third-order valence-electron chi connectivity index (χ3n) is 3.21. The summed E-state index contributed by atoms with van der Waals surface area (Å²) in [6.07, 6.45) is 0. The lowest BCUT2D eigenvalue weighted by Gasteiger charge is -2.15. The Kier molecular flexibility index (Phi) is 4.64. The van der Waals surface area contributed by atoms with E-state index in [-0.39, 0.29) is 5.38 Å². The van der Waals surface area contributed by atoms with Gasteiger partial charge in [0.15, 0.2) is 0 Å². The Morgan fingerprint density at radius 1 is 1.45 bits per heavy atom. The second-order valence-electron chi connectivity index (χ2n) is 5.07. The third-order valence-corrected chi connectivity index (χ3v) is 3.40. The molecule has 1 aromatic carbocycles. The lowest BCUT2D eigenvalue weighted by atomic mass is 10.1. The van der Waals surface area contributed by atoms with Crippen LogP contribution in [0.1, 0.15) is 30.6 Å². The highest BCUT2D eigenvalue weighted by molar-refractivity contribution is 6.20. The molecule has 0 aliphatic heterocycles. The number of hydrogen-bond donors (Lipinski definition) is 0. The zero-order valence-corrected chi connectivity index (χ0v) is 12.7. The van der Waals surface area contributed by atoms with Crippen molar-refractivity contribution in [3.8, 4) is 6.07 Å². The van der Waals surface area contributed by atoms with Crippen LogP contribution in [-0.2, 0) is 11.3 Å². The summed E-state index contributed by atoms with van der Waals surface area (Å²) in [6, 6.07) is 7.68. The number of alkyl halides is 1. The van der Waals surface area contributed by atoms with Gasteiger partial charge in [0.05, 0.1) is 34.7 Å². The van der Waals surface area contributed by atoms with Gasteiger partial charge in [-0.3, -0.25) is 0 Å². The monoisotopic (exact) mass is 291 g/mol. The average Bonchev–Trinajstić information content (AvgIpc) is 2.77. The molecular weight excluding hydrogens is 274 g/mol. The van der Waals surface area contributed by atoms with Crippen LogP contribution in [0.2, 0.25) is 0 Å². The number of methoxy groups -OCH3 is 1. The number of nitrogens with zero attached hydrogens (tertiary/aromatic N) is 3. The maximum absolute atomic E-state index is 9.04. The predicted octanol–water partition coefficient (Wildman–Crippen LogP) is 3.49. The smallest absolute Gasteiger partial charge is 0.127 e. The van der Waals surface area contributed by atoms with Gasteiger partial charge in [-0.05, 0) is 31.0 Å². The molecule has 5 heteroatoms. The number of fused-ring (bicyclic) bond motifs is 1. The number of ether oxygens (including phenoxy) is 1. The van der Waals surface area contributed by atoms with Crippen molar-refractivity contribution in [2.75, 3.05) is 13.7 Å². The largest absolute Gasteiger partial charge is 0.384 e. The highest BCUT2D eigenvalue weighted by atomic mass is 35.5. The summed E-state index contributed by atoms with van der Waals surface area (Å²) in [5, 5.41) is 8.87. The van der Waals surface area contributed by atoms with Gasteiger partial charge in [0.1, 0.15) is 5.82 Å². The van der Waals surface area contributed by atoms with Crippen LogP contribution in [0, 0.1) is 17.2 Å². The first-order valence-electron chi connectivity index (χ1n) is 6.60. The van der Waals surface area contributed by atoms with Gasteiger partial charge in [-0.1, -0.05) is 6.92 Å². The molecule has 0 bridgehead atoms. The fourth-order valence-electron chi connectivity index (χ4n) is 2.36. The Labute approximate surface area is 123 Å². The lowest BCUT2D eigenvalue weighted by Crippen LogP contribution is -2.15. The molecule has 1 aromatic heterocycles. The zero-order valence-electron chi connectivity index (χ0n) is 11.9. The third kappa shape index (κ3) is 2.95. The molecule has 2 aromatic rings. The normalized spacial score (nSPS) is 14.2. The van der Waals surface area contributed by atoms with E-state index >= 15 is 0 Å². The van der Waals surface area contributed by atoms with E-state index < -0.39 is 0 Å². The predicted molar refractivity (Wildman–Crippen MR) is 79.8 cm³/mol. The Morgan fingerprint density at radius 3 is 2.80 bits per heavy atom. The quantitative estimate of drug-likeness (QED) is 0.792.